The first kappa shape index (κ1) is 14.9. The Balaban J connectivity index is 1.63. The molecule has 2 aromatic heterocycles. The number of aryl methyl sites for hydroxylation is 3. The van der Waals surface area contributed by atoms with Gasteiger partial charge in [-0.2, -0.15) is 5.10 Å². The van der Waals surface area contributed by atoms with Crippen LogP contribution in [-0.2, 0) is 0 Å². The molecule has 0 bridgehead atoms. The maximum atomic E-state index is 12.5. The summed E-state index contributed by atoms with van der Waals surface area (Å²) in [6.45, 7) is 6.94. The molecule has 3 heterocycles. The highest BCUT2D eigenvalue weighted by molar-refractivity contribution is 7.13. The first-order chi connectivity index (χ1) is 10.5. The molecule has 0 radical (unpaired) electrons. The lowest BCUT2D eigenvalue weighted by molar-refractivity contribution is 0.0774. The van der Waals surface area contributed by atoms with E-state index < -0.39 is 0 Å². The van der Waals surface area contributed by atoms with Crippen LogP contribution in [0, 0.1) is 20.8 Å². The molecule has 1 aliphatic heterocycles. The molecule has 0 saturated carbocycles. The van der Waals surface area contributed by atoms with E-state index in [1.807, 2.05) is 37.8 Å². The van der Waals surface area contributed by atoms with Gasteiger partial charge in [0.1, 0.15) is 11.0 Å². The quantitative estimate of drug-likeness (QED) is 0.867. The van der Waals surface area contributed by atoms with Crippen LogP contribution in [-0.4, -0.2) is 45.2 Å². The van der Waals surface area contributed by atoms with Gasteiger partial charge in [0.25, 0.3) is 5.91 Å². The van der Waals surface area contributed by atoms with Crippen LogP contribution < -0.4 is 4.74 Å². The predicted molar refractivity (Wildman–Crippen MR) is 83.3 cm³/mol. The van der Waals surface area contributed by atoms with Crippen LogP contribution >= 0.6 is 11.3 Å². The lowest BCUT2D eigenvalue weighted by Gasteiger charge is -2.16. The van der Waals surface area contributed by atoms with E-state index in [1.54, 1.807) is 0 Å². The van der Waals surface area contributed by atoms with Crippen molar-refractivity contribution in [2.75, 3.05) is 13.1 Å². The highest BCUT2D eigenvalue weighted by Crippen LogP contribution is 2.23. The molecule has 1 saturated heterocycles. The highest BCUT2D eigenvalue weighted by Gasteiger charge is 2.30. The number of amides is 1. The van der Waals surface area contributed by atoms with Crippen LogP contribution in [0.4, 0.5) is 0 Å². The normalized spacial score (nSPS) is 17.8. The molecule has 2 aromatic rings. The van der Waals surface area contributed by atoms with Gasteiger partial charge in [0, 0.05) is 19.0 Å². The standard InChI is InChI=1S/C15H18N4O2S/c1-9-4-5-13(18-17-9)21-12-6-7-19(8-12)15(20)14-10(2)16-11(3)22-14/h4-5,12H,6-8H2,1-3H3/t12-/m1/s1. The van der Waals surface area contributed by atoms with E-state index in [0.717, 1.165) is 27.7 Å². The van der Waals surface area contributed by atoms with Gasteiger partial charge >= 0.3 is 0 Å². The fourth-order valence-corrected chi connectivity index (χ4v) is 3.39. The average Bonchev–Trinajstić information content (AvgIpc) is 3.07. The van der Waals surface area contributed by atoms with Crippen LogP contribution in [0.2, 0.25) is 0 Å². The number of ether oxygens (including phenoxy) is 1. The van der Waals surface area contributed by atoms with Gasteiger partial charge in [-0.05, 0) is 26.8 Å². The van der Waals surface area contributed by atoms with E-state index in [1.165, 1.54) is 11.3 Å². The third-order valence-corrected chi connectivity index (χ3v) is 4.65. The summed E-state index contributed by atoms with van der Waals surface area (Å²) in [5, 5.41) is 8.90. The van der Waals surface area contributed by atoms with E-state index in [2.05, 4.69) is 15.2 Å². The Bertz CT molecular complexity index is 683. The summed E-state index contributed by atoms with van der Waals surface area (Å²) >= 11 is 1.45. The SMILES string of the molecule is Cc1ccc(O[C@@H]2CCN(C(=O)c3sc(C)nc3C)C2)nn1. The zero-order chi connectivity index (χ0) is 15.7. The molecule has 1 fully saturated rings. The molecular weight excluding hydrogens is 300 g/mol. The van der Waals surface area contributed by atoms with Gasteiger partial charge in [-0.15, -0.1) is 16.4 Å². The number of aromatic nitrogens is 3. The van der Waals surface area contributed by atoms with E-state index in [4.69, 9.17) is 4.74 Å². The lowest BCUT2D eigenvalue weighted by atomic mass is 10.3. The third kappa shape index (κ3) is 3.09. The first-order valence-electron chi connectivity index (χ1n) is 7.23. The summed E-state index contributed by atoms with van der Waals surface area (Å²) in [5.74, 6) is 0.555. The molecule has 0 aromatic carbocycles. The molecule has 3 rings (SSSR count). The minimum Gasteiger partial charge on any atom is -0.471 e. The Hall–Kier alpha value is -2.02. The largest absolute Gasteiger partial charge is 0.471 e. The van der Waals surface area contributed by atoms with Gasteiger partial charge in [0.05, 0.1) is 22.9 Å². The second kappa shape index (κ2) is 6.00. The minimum atomic E-state index is -0.0321. The third-order valence-electron chi connectivity index (χ3n) is 3.59. The first-order valence-corrected chi connectivity index (χ1v) is 8.05. The summed E-state index contributed by atoms with van der Waals surface area (Å²) in [6.07, 6.45) is 0.772. The molecule has 0 aliphatic carbocycles. The minimum absolute atomic E-state index is 0.0321. The van der Waals surface area contributed by atoms with Crippen LogP contribution in [0.25, 0.3) is 0 Å². The summed E-state index contributed by atoms with van der Waals surface area (Å²) in [5.41, 5.74) is 1.66. The number of thiazole rings is 1. The number of hydrogen-bond acceptors (Lipinski definition) is 6. The summed E-state index contributed by atoms with van der Waals surface area (Å²) in [7, 11) is 0. The van der Waals surface area contributed by atoms with E-state index >= 15 is 0 Å². The Labute approximate surface area is 133 Å². The summed E-state index contributed by atoms with van der Waals surface area (Å²) in [4.78, 5) is 19.4. The Morgan fingerprint density at radius 2 is 2.14 bits per heavy atom. The van der Waals surface area contributed by atoms with Crippen molar-refractivity contribution in [3.8, 4) is 5.88 Å². The van der Waals surface area contributed by atoms with Gasteiger partial charge in [0.15, 0.2) is 0 Å². The van der Waals surface area contributed by atoms with Gasteiger partial charge < -0.3 is 9.64 Å². The summed E-state index contributed by atoms with van der Waals surface area (Å²) in [6, 6.07) is 3.67. The van der Waals surface area contributed by atoms with Gasteiger partial charge in [-0.25, -0.2) is 4.98 Å². The van der Waals surface area contributed by atoms with Gasteiger partial charge in [-0.1, -0.05) is 0 Å². The number of hydrogen-bond donors (Lipinski definition) is 0. The predicted octanol–water partition coefficient (Wildman–Crippen LogP) is 2.15. The van der Waals surface area contributed by atoms with Crippen molar-refractivity contribution >= 4 is 17.2 Å². The molecular formula is C15H18N4O2S. The number of nitrogens with zero attached hydrogens (tertiary/aromatic N) is 4. The topological polar surface area (TPSA) is 68.2 Å². The fraction of sp³-hybridized carbons (Fsp3) is 0.467. The maximum absolute atomic E-state index is 12.5. The Kier molecular flexibility index (Phi) is 4.06. The lowest BCUT2D eigenvalue weighted by Crippen LogP contribution is -2.31. The molecule has 1 aliphatic rings. The van der Waals surface area contributed by atoms with E-state index in [0.29, 0.717) is 19.0 Å². The van der Waals surface area contributed by atoms with Crippen molar-refractivity contribution in [2.45, 2.75) is 33.3 Å². The number of likely N-dealkylation sites (tertiary alicyclic amines) is 1. The zero-order valence-corrected chi connectivity index (χ0v) is 13.7. The zero-order valence-electron chi connectivity index (χ0n) is 12.9. The molecule has 1 atom stereocenters. The van der Waals surface area contributed by atoms with Crippen molar-refractivity contribution in [3.05, 3.63) is 33.4 Å². The molecule has 0 spiro atoms. The maximum Gasteiger partial charge on any atom is 0.265 e. The van der Waals surface area contributed by atoms with Crippen LogP contribution in [0.3, 0.4) is 0 Å². The monoisotopic (exact) mass is 318 g/mol. The Morgan fingerprint density at radius 1 is 1.32 bits per heavy atom. The van der Waals surface area contributed by atoms with Crippen molar-refractivity contribution in [1.29, 1.82) is 0 Å². The molecule has 0 unspecified atom stereocenters. The van der Waals surface area contributed by atoms with Crippen LogP contribution in [0.5, 0.6) is 5.88 Å². The van der Waals surface area contributed by atoms with Crippen molar-refractivity contribution in [2.24, 2.45) is 0 Å². The summed E-state index contributed by atoms with van der Waals surface area (Å²) < 4.78 is 5.80. The molecule has 7 heteroatoms. The smallest absolute Gasteiger partial charge is 0.265 e. The number of carbonyl (C=O) groups is 1. The number of rotatable bonds is 3. The van der Waals surface area contributed by atoms with Gasteiger partial charge in [0.2, 0.25) is 5.88 Å². The van der Waals surface area contributed by atoms with Crippen LogP contribution in [0.1, 0.15) is 32.5 Å². The average molecular weight is 318 g/mol. The van der Waals surface area contributed by atoms with Crippen molar-refractivity contribution in [3.63, 3.8) is 0 Å². The molecule has 1 amide bonds. The second-order valence-corrected chi connectivity index (χ2v) is 6.64. The second-order valence-electron chi connectivity index (χ2n) is 5.44. The van der Waals surface area contributed by atoms with Crippen molar-refractivity contribution in [1.82, 2.24) is 20.1 Å². The van der Waals surface area contributed by atoms with Gasteiger partial charge in [-0.3, -0.25) is 4.79 Å². The number of carbonyl (C=O) groups excluding carboxylic acids is 1. The van der Waals surface area contributed by atoms with Crippen LogP contribution in [0.15, 0.2) is 12.1 Å². The highest BCUT2D eigenvalue weighted by atomic mass is 32.1. The molecule has 22 heavy (non-hydrogen) atoms. The van der Waals surface area contributed by atoms with Crippen molar-refractivity contribution < 1.29 is 9.53 Å². The molecule has 0 N–H and O–H groups in total. The molecule has 116 valence electrons. The van der Waals surface area contributed by atoms with E-state index in [-0.39, 0.29) is 12.0 Å². The Morgan fingerprint density at radius 3 is 2.77 bits per heavy atom. The fourth-order valence-electron chi connectivity index (χ4n) is 2.50. The van der Waals surface area contributed by atoms with E-state index in [9.17, 15) is 4.79 Å². The molecule has 6 nitrogen and oxygen atoms in total.